The van der Waals surface area contributed by atoms with Crippen molar-refractivity contribution in [1.29, 1.82) is 0 Å². The topological polar surface area (TPSA) is 53.9 Å². The van der Waals surface area contributed by atoms with E-state index in [1.165, 1.54) is 19.3 Å². The Morgan fingerprint density at radius 1 is 1.00 bits per heavy atom. The molecular formula is C19H21N5S. The number of piperidine rings is 1. The number of nitrogens with one attached hydrogen (secondary N) is 1. The van der Waals surface area contributed by atoms with Crippen LogP contribution in [0.4, 0.5) is 11.8 Å². The number of nitrogens with zero attached hydrogens (tertiary/aromatic N) is 4. The summed E-state index contributed by atoms with van der Waals surface area (Å²) in [6, 6.07) is 12.3. The van der Waals surface area contributed by atoms with Gasteiger partial charge in [-0.05, 0) is 25.3 Å². The molecule has 0 bridgehead atoms. The van der Waals surface area contributed by atoms with Crippen molar-refractivity contribution in [2.45, 2.75) is 25.8 Å². The minimum Gasteiger partial charge on any atom is -0.356 e. The SMILES string of the molecule is c1ccc(-c2nc(CNc3nccc(N4CCCCC4)n3)cs2)cc1. The Labute approximate surface area is 151 Å². The molecule has 1 aliphatic rings. The maximum absolute atomic E-state index is 4.70. The Kier molecular flexibility index (Phi) is 4.88. The Balaban J connectivity index is 1.41. The van der Waals surface area contributed by atoms with E-state index in [0.717, 1.165) is 35.2 Å². The van der Waals surface area contributed by atoms with Gasteiger partial charge in [-0.1, -0.05) is 30.3 Å². The number of thiazole rings is 1. The van der Waals surface area contributed by atoms with Gasteiger partial charge in [0.05, 0.1) is 12.2 Å². The van der Waals surface area contributed by atoms with Gasteiger partial charge in [-0.25, -0.2) is 9.97 Å². The van der Waals surface area contributed by atoms with Gasteiger partial charge in [0, 0.05) is 30.2 Å². The fraction of sp³-hybridized carbons (Fsp3) is 0.316. The molecule has 0 spiro atoms. The van der Waals surface area contributed by atoms with E-state index in [4.69, 9.17) is 4.98 Å². The molecule has 1 saturated heterocycles. The van der Waals surface area contributed by atoms with Crippen molar-refractivity contribution in [1.82, 2.24) is 15.0 Å². The molecule has 0 radical (unpaired) electrons. The van der Waals surface area contributed by atoms with Crippen LogP contribution in [-0.4, -0.2) is 28.0 Å². The first kappa shape index (κ1) is 16.0. The molecule has 3 heterocycles. The molecule has 1 aliphatic heterocycles. The van der Waals surface area contributed by atoms with E-state index in [-0.39, 0.29) is 0 Å². The van der Waals surface area contributed by atoms with Gasteiger partial charge in [0.1, 0.15) is 10.8 Å². The Bertz CT molecular complexity index is 811. The van der Waals surface area contributed by atoms with Crippen molar-refractivity contribution < 1.29 is 0 Å². The van der Waals surface area contributed by atoms with Gasteiger partial charge < -0.3 is 10.2 Å². The van der Waals surface area contributed by atoms with E-state index in [0.29, 0.717) is 12.5 Å². The number of anilines is 2. The molecule has 3 aromatic rings. The third-order valence-electron chi connectivity index (χ3n) is 4.32. The quantitative estimate of drug-likeness (QED) is 0.746. The summed E-state index contributed by atoms with van der Waals surface area (Å²) in [4.78, 5) is 16.0. The van der Waals surface area contributed by atoms with Crippen molar-refractivity contribution in [2.24, 2.45) is 0 Å². The van der Waals surface area contributed by atoms with Crippen LogP contribution in [0.25, 0.3) is 10.6 Å². The van der Waals surface area contributed by atoms with E-state index in [1.54, 1.807) is 11.3 Å². The molecular weight excluding hydrogens is 330 g/mol. The highest BCUT2D eigenvalue weighted by Gasteiger charge is 2.13. The molecule has 6 heteroatoms. The van der Waals surface area contributed by atoms with Crippen molar-refractivity contribution in [2.75, 3.05) is 23.3 Å². The van der Waals surface area contributed by atoms with Crippen LogP contribution in [0, 0.1) is 0 Å². The highest BCUT2D eigenvalue weighted by molar-refractivity contribution is 7.13. The molecule has 0 unspecified atom stereocenters. The second-order valence-electron chi connectivity index (χ2n) is 6.15. The minimum atomic E-state index is 0.632. The lowest BCUT2D eigenvalue weighted by molar-refractivity contribution is 0.573. The zero-order valence-corrected chi connectivity index (χ0v) is 14.9. The van der Waals surface area contributed by atoms with Crippen molar-refractivity contribution in [3.05, 3.63) is 53.7 Å². The first-order chi connectivity index (χ1) is 12.4. The average Bonchev–Trinajstić information content (AvgIpc) is 3.17. The molecule has 0 atom stereocenters. The predicted molar refractivity (Wildman–Crippen MR) is 103 cm³/mol. The number of aromatic nitrogens is 3. The summed E-state index contributed by atoms with van der Waals surface area (Å²) in [6.45, 7) is 2.80. The summed E-state index contributed by atoms with van der Waals surface area (Å²) in [7, 11) is 0. The van der Waals surface area contributed by atoms with E-state index in [1.807, 2.05) is 30.5 Å². The Hall–Kier alpha value is -2.47. The van der Waals surface area contributed by atoms with Gasteiger partial charge >= 0.3 is 0 Å². The molecule has 0 saturated carbocycles. The lowest BCUT2D eigenvalue weighted by atomic mass is 10.1. The fourth-order valence-electron chi connectivity index (χ4n) is 3.00. The Morgan fingerprint density at radius 2 is 1.84 bits per heavy atom. The summed E-state index contributed by atoms with van der Waals surface area (Å²) in [5.41, 5.74) is 2.16. The lowest BCUT2D eigenvalue weighted by Gasteiger charge is -2.27. The highest BCUT2D eigenvalue weighted by atomic mass is 32.1. The number of benzene rings is 1. The van der Waals surface area contributed by atoms with Crippen LogP contribution in [-0.2, 0) is 6.54 Å². The van der Waals surface area contributed by atoms with Gasteiger partial charge in [0.2, 0.25) is 5.95 Å². The minimum absolute atomic E-state index is 0.632. The van der Waals surface area contributed by atoms with E-state index >= 15 is 0 Å². The van der Waals surface area contributed by atoms with E-state index in [2.05, 4.69) is 37.7 Å². The molecule has 1 aromatic carbocycles. The van der Waals surface area contributed by atoms with Crippen molar-refractivity contribution in [3.8, 4) is 10.6 Å². The predicted octanol–water partition coefficient (Wildman–Crippen LogP) is 4.20. The summed E-state index contributed by atoms with van der Waals surface area (Å²) in [6.07, 6.45) is 5.64. The first-order valence-corrected chi connectivity index (χ1v) is 9.58. The lowest BCUT2D eigenvalue weighted by Crippen LogP contribution is -2.30. The van der Waals surface area contributed by atoms with Crippen molar-refractivity contribution in [3.63, 3.8) is 0 Å². The van der Waals surface area contributed by atoms with Gasteiger partial charge in [0.15, 0.2) is 0 Å². The summed E-state index contributed by atoms with van der Waals surface area (Å²) in [5.74, 6) is 1.68. The normalized spacial score (nSPS) is 14.5. The second-order valence-corrected chi connectivity index (χ2v) is 7.01. The smallest absolute Gasteiger partial charge is 0.224 e. The molecule has 128 valence electrons. The van der Waals surface area contributed by atoms with E-state index in [9.17, 15) is 0 Å². The van der Waals surface area contributed by atoms with Crippen LogP contribution in [0.3, 0.4) is 0 Å². The molecule has 0 amide bonds. The van der Waals surface area contributed by atoms with Gasteiger partial charge in [0.25, 0.3) is 0 Å². The van der Waals surface area contributed by atoms with Gasteiger partial charge in [-0.15, -0.1) is 11.3 Å². The van der Waals surface area contributed by atoms with Crippen LogP contribution in [0.1, 0.15) is 25.0 Å². The maximum Gasteiger partial charge on any atom is 0.224 e. The maximum atomic E-state index is 4.70. The molecule has 2 aromatic heterocycles. The highest BCUT2D eigenvalue weighted by Crippen LogP contribution is 2.24. The number of hydrogen-bond acceptors (Lipinski definition) is 6. The van der Waals surface area contributed by atoms with Crippen LogP contribution < -0.4 is 10.2 Å². The van der Waals surface area contributed by atoms with Crippen LogP contribution in [0.2, 0.25) is 0 Å². The molecule has 1 fully saturated rings. The molecule has 5 nitrogen and oxygen atoms in total. The molecule has 1 N–H and O–H groups in total. The molecule has 4 rings (SSSR count). The Morgan fingerprint density at radius 3 is 2.68 bits per heavy atom. The fourth-order valence-corrected chi connectivity index (χ4v) is 3.83. The third kappa shape index (κ3) is 3.96. The summed E-state index contributed by atoms with van der Waals surface area (Å²) in [5, 5.41) is 6.43. The number of rotatable bonds is 5. The average molecular weight is 351 g/mol. The van der Waals surface area contributed by atoms with Gasteiger partial charge in [-0.2, -0.15) is 4.98 Å². The van der Waals surface area contributed by atoms with Gasteiger partial charge in [-0.3, -0.25) is 0 Å². The van der Waals surface area contributed by atoms with Crippen LogP contribution >= 0.6 is 11.3 Å². The van der Waals surface area contributed by atoms with Crippen LogP contribution in [0.15, 0.2) is 48.0 Å². The van der Waals surface area contributed by atoms with Crippen LogP contribution in [0.5, 0.6) is 0 Å². The molecule has 25 heavy (non-hydrogen) atoms. The summed E-state index contributed by atoms with van der Waals surface area (Å²) < 4.78 is 0. The standard InChI is InChI=1S/C19H21N5S/c1-3-7-15(8-4-1)18-22-16(14-25-18)13-21-19-20-10-9-17(23-19)24-11-5-2-6-12-24/h1,3-4,7-10,14H,2,5-6,11-13H2,(H,20,21,23). The van der Waals surface area contributed by atoms with E-state index < -0.39 is 0 Å². The monoisotopic (exact) mass is 351 g/mol. The van der Waals surface area contributed by atoms with Crippen molar-refractivity contribution >= 4 is 23.1 Å². The summed E-state index contributed by atoms with van der Waals surface area (Å²) >= 11 is 1.66. The second kappa shape index (κ2) is 7.61. The first-order valence-electron chi connectivity index (χ1n) is 8.70. The molecule has 0 aliphatic carbocycles. The third-order valence-corrected chi connectivity index (χ3v) is 5.26. The zero-order valence-electron chi connectivity index (χ0n) is 14.1. The number of hydrogen-bond donors (Lipinski definition) is 1. The largest absolute Gasteiger partial charge is 0.356 e. The zero-order chi connectivity index (χ0) is 16.9.